The maximum atomic E-state index is 4.88. The van der Waals surface area contributed by atoms with Gasteiger partial charge in [-0.2, -0.15) is 5.10 Å². The van der Waals surface area contributed by atoms with Crippen molar-refractivity contribution >= 4 is 21.6 Å². The van der Waals surface area contributed by atoms with Crippen LogP contribution < -0.4 is 0 Å². The van der Waals surface area contributed by atoms with Gasteiger partial charge in [-0.3, -0.25) is 9.91 Å². The van der Waals surface area contributed by atoms with E-state index < -0.39 is 0 Å². The molecule has 1 saturated heterocycles. The lowest BCUT2D eigenvalue weighted by molar-refractivity contribution is 0.112. The lowest BCUT2D eigenvalue weighted by atomic mass is 9.96. The van der Waals surface area contributed by atoms with Crippen LogP contribution in [0.4, 0.5) is 0 Å². The first kappa shape index (κ1) is 19.9. The molecule has 0 aliphatic carbocycles. The van der Waals surface area contributed by atoms with Gasteiger partial charge in [0.2, 0.25) is 0 Å². The molecule has 0 amide bonds. The van der Waals surface area contributed by atoms with Crippen LogP contribution in [0.3, 0.4) is 0 Å². The minimum Gasteiger partial charge on any atom is -0.294 e. The minimum absolute atomic E-state index is 0.288. The molecule has 0 atom stereocenters. The summed E-state index contributed by atoms with van der Waals surface area (Å²) in [6.45, 7) is 5.94. The number of benzene rings is 3. The van der Waals surface area contributed by atoms with Crippen molar-refractivity contribution in [1.82, 2.24) is 9.91 Å². The predicted molar refractivity (Wildman–Crippen MR) is 124 cm³/mol. The van der Waals surface area contributed by atoms with Crippen LogP contribution in [-0.4, -0.2) is 41.8 Å². The molecule has 0 radical (unpaired) electrons. The van der Waals surface area contributed by atoms with Crippen molar-refractivity contribution in [1.29, 1.82) is 0 Å². The van der Waals surface area contributed by atoms with E-state index in [1.54, 1.807) is 0 Å². The van der Waals surface area contributed by atoms with Gasteiger partial charge < -0.3 is 0 Å². The number of nitrogens with zero attached hydrogens (tertiary/aromatic N) is 3. The third kappa shape index (κ3) is 4.95. The van der Waals surface area contributed by atoms with Gasteiger partial charge in [-0.15, -0.1) is 0 Å². The summed E-state index contributed by atoms with van der Waals surface area (Å²) >= 11 is 3.50. The highest BCUT2D eigenvalue weighted by molar-refractivity contribution is 9.10. The third-order valence-electron chi connectivity index (χ3n) is 5.44. The van der Waals surface area contributed by atoms with E-state index in [0.717, 1.165) is 36.4 Å². The molecule has 3 aromatic carbocycles. The van der Waals surface area contributed by atoms with Gasteiger partial charge in [0.25, 0.3) is 0 Å². The normalized spacial score (nSPS) is 15.7. The van der Waals surface area contributed by atoms with Gasteiger partial charge in [-0.1, -0.05) is 88.7 Å². The molecule has 148 valence electrons. The molecule has 0 saturated carbocycles. The minimum atomic E-state index is 0.288. The van der Waals surface area contributed by atoms with Gasteiger partial charge in [0.1, 0.15) is 0 Å². The molecule has 1 aliphatic heterocycles. The maximum absolute atomic E-state index is 4.88. The molecule has 3 aromatic rings. The fourth-order valence-electron chi connectivity index (χ4n) is 3.92. The predicted octanol–water partition coefficient (Wildman–Crippen LogP) is 5.58. The molecule has 1 fully saturated rings. The number of hydrazone groups is 1. The number of rotatable bonds is 5. The second kappa shape index (κ2) is 9.38. The molecule has 1 heterocycles. The van der Waals surface area contributed by atoms with E-state index >= 15 is 0 Å². The Morgan fingerprint density at radius 1 is 0.759 bits per heavy atom. The van der Waals surface area contributed by atoms with Crippen LogP contribution in [-0.2, 0) is 0 Å². The Hall–Kier alpha value is -2.43. The second-order valence-corrected chi connectivity index (χ2v) is 8.32. The maximum Gasteiger partial charge on any atom is 0.0646 e. The van der Waals surface area contributed by atoms with Gasteiger partial charge in [0, 0.05) is 30.7 Å². The zero-order valence-corrected chi connectivity index (χ0v) is 18.3. The van der Waals surface area contributed by atoms with Crippen LogP contribution in [0.5, 0.6) is 0 Å². The van der Waals surface area contributed by atoms with Crippen molar-refractivity contribution in [2.75, 3.05) is 26.2 Å². The highest BCUT2D eigenvalue weighted by Gasteiger charge is 2.26. The molecular weight excluding hydrogens is 422 g/mol. The lowest BCUT2D eigenvalue weighted by Gasteiger charge is -2.39. The first-order valence-corrected chi connectivity index (χ1v) is 10.9. The van der Waals surface area contributed by atoms with E-state index in [-0.39, 0.29) is 6.04 Å². The van der Waals surface area contributed by atoms with Crippen LogP contribution in [0.1, 0.15) is 29.7 Å². The summed E-state index contributed by atoms with van der Waals surface area (Å²) in [5.41, 5.74) is 4.93. The molecule has 3 nitrogen and oxygen atoms in total. The highest BCUT2D eigenvalue weighted by Crippen LogP contribution is 2.29. The zero-order chi connectivity index (χ0) is 20.1. The molecule has 4 rings (SSSR count). The van der Waals surface area contributed by atoms with E-state index in [0.29, 0.717) is 0 Å². The van der Waals surface area contributed by atoms with Crippen molar-refractivity contribution in [3.8, 4) is 0 Å². The smallest absolute Gasteiger partial charge is 0.0646 e. The Labute approximate surface area is 181 Å². The van der Waals surface area contributed by atoms with Crippen molar-refractivity contribution in [2.24, 2.45) is 5.10 Å². The Kier molecular flexibility index (Phi) is 6.43. The van der Waals surface area contributed by atoms with Gasteiger partial charge in [-0.25, -0.2) is 0 Å². The number of hydrogen-bond donors (Lipinski definition) is 0. The summed E-state index contributed by atoms with van der Waals surface area (Å²) in [6.07, 6.45) is 0. The molecule has 4 heteroatoms. The average molecular weight is 448 g/mol. The van der Waals surface area contributed by atoms with Crippen molar-refractivity contribution < 1.29 is 0 Å². The lowest BCUT2D eigenvalue weighted by Crippen LogP contribution is -2.46. The molecule has 29 heavy (non-hydrogen) atoms. The van der Waals surface area contributed by atoms with E-state index in [9.17, 15) is 0 Å². The van der Waals surface area contributed by atoms with Crippen molar-refractivity contribution in [3.05, 3.63) is 106 Å². The summed E-state index contributed by atoms with van der Waals surface area (Å²) in [7, 11) is 0. The van der Waals surface area contributed by atoms with Crippen LogP contribution in [0.2, 0.25) is 0 Å². The molecule has 1 aliphatic rings. The molecule has 0 unspecified atom stereocenters. The quantitative estimate of drug-likeness (QED) is 0.475. The van der Waals surface area contributed by atoms with Gasteiger partial charge >= 0.3 is 0 Å². The molecule has 0 bridgehead atoms. The van der Waals surface area contributed by atoms with Gasteiger partial charge in [-0.05, 0) is 35.7 Å². The standard InChI is InChI=1S/C25H26BrN3/c1-20(21-12-14-24(26)15-13-21)27-29-18-16-28(17-19-29)25(22-8-4-2-5-9-22)23-10-6-3-7-11-23/h2-15,25H,16-19H2,1H3/b27-20+. The Bertz CT molecular complexity index is 891. The van der Waals surface area contributed by atoms with Crippen LogP contribution in [0.25, 0.3) is 0 Å². The van der Waals surface area contributed by atoms with E-state index in [1.807, 2.05) is 0 Å². The monoisotopic (exact) mass is 447 g/mol. The molecular formula is C25H26BrN3. The van der Waals surface area contributed by atoms with Gasteiger partial charge in [0.15, 0.2) is 0 Å². The van der Waals surface area contributed by atoms with Crippen LogP contribution in [0, 0.1) is 0 Å². The topological polar surface area (TPSA) is 18.8 Å². The third-order valence-corrected chi connectivity index (χ3v) is 5.97. The van der Waals surface area contributed by atoms with E-state index in [2.05, 4.69) is 118 Å². The Morgan fingerprint density at radius 2 is 1.28 bits per heavy atom. The Morgan fingerprint density at radius 3 is 1.79 bits per heavy atom. The summed E-state index contributed by atoms with van der Waals surface area (Å²) in [5, 5.41) is 7.09. The second-order valence-electron chi connectivity index (χ2n) is 7.41. The highest BCUT2D eigenvalue weighted by atomic mass is 79.9. The summed E-state index contributed by atoms with van der Waals surface area (Å²) in [6, 6.07) is 30.3. The molecule has 0 N–H and O–H groups in total. The first-order chi connectivity index (χ1) is 14.2. The number of halogens is 1. The molecule has 0 spiro atoms. The first-order valence-electron chi connectivity index (χ1n) is 10.1. The van der Waals surface area contributed by atoms with E-state index in [4.69, 9.17) is 5.10 Å². The Balaban J connectivity index is 1.48. The SMILES string of the molecule is C/C(=N\N1CCN(C(c2ccccc2)c2ccccc2)CC1)c1ccc(Br)cc1. The average Bonchev–Trinajstić information content (AvgIpc) is 2.77. The van der Waals surface area contributed by atoms with Crippen LogP contribution >= 0.6 is 15.9 Å². The summed E-state index contributed by atoms with van der Waals surface area (Å²) in [4.78, 5) is 2.58. The fourth-order valence-corrected chi connectivity index (χ4v) is 4.18. The summed E-state index contributed by atoms with van der Waals surface area (Å²) in [5.74, 6) is 0. The van der Waals surface area contributed by atoms with Crippen LogP contribution in [0.15, 0.2) is 94.5 Å². The fraction of sp³-hybridized carbons (Fsp3) is 0.240. The van der Waals surface area contributed by atoms with E-state index in [1.165, 1.54) is 16.7 Å². The number of hydrogen-bond acceptors (Lipinski definition) is 3. The number of piperazine rings is 1. The summed E-state index contributed by atoms with van der Waals surface area (Å²) < 4.78 is 1.09. The zero-order valence-electron chi connectivity index (χ0n) is 16.7. The molecule has 0 aromatic heterocycles. The van der Waals surface area contributed by atoms with Gasteiger partial charge in [0.05, 0.1) is 11.8 Å². The largest absolute Gasteiger partial charge is 0.294 e. The van der Waals surface area contributed by atoms with Crippen molar-refractivity contribution in [3.63, 3.8) is 0 Å². The van der Waals surface area contributed by atoms with Crippen molar-refractivity contribution in [2.45, 2.75) is 13.0 Å².